The van der Waals surface area contributed by atoms with Crippen molar-refractivity contribution >= 4 is 0 Å². The fourth-order valence-corrected chi connectivity index (χ4v) is 2.47. The first kappa shape index (κ1) is 12.5. The largest absolute Gasteiger partial charge is 0.317 e. The van der Waals surface area contributed by atoms with Gasteiger partial charge in [0.1, 0.15) is 5.82 Å². The van der Waals surface area contributed by atoms with E-state index in [4.69, 9.17) is 0 Å². The topological polar surface area (TPSA) is 15.3 Å². The average Bonchev–Trinajstić information content (AvgIpc) is 2.61. The molecule has 0 bridgehead atoms. The third kappa shape index (κ3) is 3.51. The van der Waals surface area contributed by atoms with Gasteiger partial charge in [-0.15, -0.1) is 0 Å². The average molecular weight is 236 g/mol. The lowest BCUT2D eigenvalue weighted by Crippen LogP contribution is -2.32. The number of rotatable bonds is 3. The van der Waals surface area contributed by atoms with Crippen molar-refractivity contribution in [3.05, 3.63) is 35.6 Å². The molecule has 0 aliphatic carbocycles. The Morgan fingerprint density at radius 3 is 2.94 bits per heavy atom. The minimum absolute atomic E-state index is 0.0916. The van der Waals surface area contributed by atoms with E-state index in [1.54, 1.807) is 6.07 Å². The molecule has 0 aromatic heterocycles. The van der Waals surface area contributed by atoms with Gasteiger partial charge in [-0.3, -0.25) is 4.90 Å². The van der Waals surface area contributed by atoms with Crippen LogP contribution >= 0.6 is 0 Å². The van der Waals surface area contributed by atoms with Gasteiger partial charge in [0.15, 0.2) is 0 Å². The Labute approximate surface area is 103 Å². The Bertz CT molecular complexity index is 346. The van der Waals surface area contributed by atoms with Crippen LogP contribution in [0.4, 0.5) is 4.39 Å². The molecule has 17 heavy (non-hydrogen) atoms. The first-order valence-electron chi connectivity index (χ1n) is 6.42. The second-order valence-corrected chi connectivity index (χ2v) is 4.84. The van der Waals surface area contributed by atoms with Crippen LogP contribution in [0.2, 0.25) is 0 Å². The highest BCUT2D eigenvalue weighted by molar-refractivity contribution is 5.17. The third-order valence-corrected chi connectivity index (χ3v) is 3.55. The molecule has 1 unspecified atom stereocenters. The van der Waals surface area contributed by atoms with Gasteiger partial charge >= 0.3 is 0 Å². The molecule has 94 valence electrons. The molecule has 1 fully saturated rings. The Balaban J connectivity index is 1.95. The van der Waals surface area contributed by atoms with Crippen LogP contribution in [0, 0.1) is 5.82 Å². The normalized spacial score (nSPS) is 21.5. The van der Waals surface area contributed by atoms with E-state index in [1.165, 1.54) is 18.9 Å². The Morgan fingerprint density at radius 2 is 2.12 bits per heavy atom. The monoisotopic (exact) mass is 236 g/mol. The summed E-state index contributed by atoms with van der Waals surface area (Å²) in [5.74, 6) is -0.0916. The van der Waals surface area contributed by atoms with Gasteiger partial charge in [-0.1, -0.05) is 18.2 Å². The van der Waals surface area contributed by atoms with Gasteiger partial charge < -0.3 is 5.32 Å². The number of nitrogens with zero attached hydrogens (tertiary/aromatic N) is 1. The summed E-state index contributed by atoms with van der Waals surface area (Å²) >= 11 is 0. The van der Waals surface area contributed by atoms with Crippen LogP contribution < -0.4 is 5.32 Å². The first-order chi connectivity index (χ1) is 8.27. The van der Waals surface area contributed by atoms with Gasteiger partial charge in [0, 0.05) is 18.2 Å². The van der Waals surface area contributed by atoms with Crippen molar-refractivity contribution in [3.63, 3.8) is 0 Å². The van der Waals surface area contributed by atoms with E-state index in [0.29, 0.717) is 12.6 Å². The van der Waals surface area contributed by atoms with E-state index in [9.17, 15) is 4.39 Å². The number of halogens is 1. The summed E-state index contributed by atoms with van der Waals surface area (Å²) in [6.07, 6.45) is 3.58. The van der Waals surface area contributed by atoms with Gasteiger partial charge in [0.2, 0.25) is 0 Å². The smallest absolute Gasteiger partial charge is 0.127 e. The molecule has 0 amide bonds. The first-order valence-corrected chi connectivity index (χ1v) is 6.42. The highest BCUT2D eigenvalue weighted by Gasteiger charge is 2.17. The van der Waals surface area contributed by atoms with Gasteiger partial charge in [-0.25, -0.2) is 4.39 Å². The van der Waals surface area contributed by atoms with Crippen molar-refractivity contribution in [2.45, 2.75) is 31.8 Å². The van der Waals surface area contributed by atoms with Gasteiger partial charge in [0.05, 0.1) is 0 Å². The van der Waals surface area contributed by atoms with Crippen LogP contribution in [0.1, 0.15) is 24.8 Å². The van der Waals surface area contributed by atoms with Gasteiger partial charge in [-0.05, 0) is 45.5 Å². The summed E-state index contributed by atoms with van der Waals surface area (Å²) in [4.78, 5) is 2.28. The maximum atomic E-state index is 13.6. The standard InChI is InChI=1S/C14H21FN2/c1-17(13-6-4-9-16-10-8-13)11-12-5-2-3-7-14(12)15/h2-3,5,7,13,16H,4,6,8-11H2,1H3. The fraction of sp³-hybridized carbons (Fsp3) is 0.571. The highest BCUT2D eigenvalue weighted by atomic mass is 19.1. The SMILES string of the molecule is CN(Cc1ccccc1F)C1CCCNCC1. The molecular formula is C14H21FN2. The maximum Gasteiger partial charge on any atom is 0.127 e. The summed E-state index contributed by atoms with van der Waals surface area (Å²) in [5, 5.41) is 3.41. The lowest BCUT2D eigenvalue weighted by molar-refractivity contribution is 0.214. The van der Waals surface area contributed by atoms with E-state index in [2.05, 4.69) is 17.3 Å². The second-order valence-electron chi connectivity index (χ2n) is 4.84. The maximum absolute atomic E-state index is 13.6. The summed E-state index contributed by atoms with van der Waals surface area (Å²) in [6.45, 7) is 2.90. The van der Waals surface area contributed by atoms with E-state index in [0.717, 1.165) is 25.1 Å². The number of benzene rings is 1. The predicted molar refractivity (Wildman–Crippen MR) is 68.4 cm³/mol. The Morgan fingerprint density at radius 1 is 1.29 bits per heavy atom. The minimum Gasteiger partial charge on any atom is -0.317 e. The van der Waals surface area contributed by atoms with Gasteiger partial charge in [0.25, 0.3) is 0 Å². The molecule has 1 heterocycles. The van der Waals surface area contributed by atoms with Crippen LogP contribution in [0.3, 0.4) is 0 Å². The van der Waals surface area contributed by atoms with E-state index < -0.39 is 0 Å². The number of nitrogens with one attached hydrogen (secondary N) is 1. The van der Waals surface area contributed by atoms with E-state index in [1.807, 2.05) is 12.1 Å². The van der Waals surface area contributed by atoms with Crippen molar-refractivity contribution in [2.24, 2.45) is 0 Å². The molecular weight excluding hydrogens is 215 g/mol. The van der Waals surface area contributed by atoms with E-state index in [-0.39, 0.29) is 5.82 Å². The number of hydrogen-bond donors (Lipinski definition) is 1. The summed E-state index contributed by atoms with van der Waals surface area (Å²) in [5.41, 5.74) is 0.798. The molecule has 1 aliphatic rings. The summed E-state index contributed by atoms with van der Waals surface area (Å²) in [7, 11) is 2.10. The van der Waals surface area contributed by atoms with Crippen molar-refractivity contribution < 1.29 is 4.39 Å². The molecule has 1 aliphatic heterocycles. The van der Waals surface area contributed by atoms with Gasteiger partial charge in [-0.2, -0.15) is 0 Å². The third-order valence-electron chi connectivity index (χ3n) is 3.55. The quantitative estimate of drug-likeness (QED) is 0.867. The van der Waals surface area contributed by atoms with Crippen LogP contribution in [-0.2, 0) is 6.54 Å². The van der Waals surface area contributed by atoms with Crippen molar-refractivity contribution in [2.75, 3.05) is 20.1 Å². The summed E-state index contributed by atoms with van der Waals surface area (Å²) in [6, 6.07) is 7.64. The van der Waals surface area contributed by atoms with Crippen LogP contribution in [0.5, 0.6) is 0 Å². The van der Waals surface area contributed by atoms with Crippen LogP contribution in [0.15, 0.2) is 24.3 Å². The fourth-order valence-electron chi connectivity index (χ4n) is 2.47. The molecule has 0 radical (unpaired) electrons. The predicted octanol–water partition coefficient (Wildman–Crippen LogP) is 2.40. The van der Waals surface area contributed by atoms with Crippen molar-refractivity contribution in [3.8, 4) is 0 Å². The molecule has 1 aromatic carbocycles. The molecule has 3 heteroatoms. The molecule has 1 atom stereocenters. The zero-order valence-electron chi connectivity index (χ0n) is 10.5. The van der Waals surface area contributed by atoms with Crippen molar-refractivity contribution in [1.29, 1.82) is 0 Å². The molecule has 2 nitrogen and oxygen atoms in total. The number of hydrogen-bond acceptors (Lipinski definition) is 2. The molecule has 1 saturated heterocycles. The van der Waals surface area contributed by atoms with E-state index >= 15 is 0 Å². The van der Waals surface area contributed by atoms with Crippen LogP contribution in [-0.4, -0.2) is 31.1 Å². The summed E-state index contributed by atoms with van der Waals surface area (Å²) < 4.78 is 13.6. The molecule has 1 aromatic rings. The highest BCUT2D eigenvalue weighted by Crippen LogP contribution is 2.16. The lowest BCUT2D eigenvalue weighted by atomic mass is 10.1. The zero-order chi connectivity index (χ0) is 12.1. The minimum atomic E-state index is -0.0916. The molecule has 2 rings (SSSR count). The lowest BCUT2D eigenvalue weighted by Gasteiger charge is -2.27. The molecule has 0 spiro atoms. The second kappa shape index (κ2) is 6.12. The molecule has 1 N–H and O–H groups in total. The van der Waals surface area contributed by atoms with Crippen LogP contribution in [0.25, 0.3) is 0 Å². The Hall–Kier alpha value is -0.930. The molecule has 0 saturated carbocycles. The zero-order valence-corrected chi connectivity index (χ0v) is 10.5. The van der Waals surface area contributed by atoms with Crippen molar-refractivity contribution in [1.82, 2.24) is 10.2 Å². The Kier molecular flexibility index (Phi) is 4.51.